The molecule has 3 nitrogen and oxygen atoms in total. The number of nitrogens with one attached hydrogen (secondary N) is 2. The molecule has 2 rings (SSSR count). The first-order valence-corrected chi connectivity index (χ1v) is 5.32. The van der Waals surface area contributed by atoms with Gasteiger partial charge in [0.25, 0.3) is 0 Å². The fourth-order valence-electron chi connectivity index (χ4n) is 1.86. The van der Waals surface area contributed by atoms with Crippen molar-refractivity contribution in [1.82, 2.24) is 15.5 Å². The van der Waals surface area contributed by atoms with Gasteiger partial charge in [-0.3, -0.25) is 5.10 Å². The second-order valence-corrected chi connectivity index (χ2v) is 5.03. The molecule has 2 atom stereocenters. The summed E-state index contributed by atoms with van der Waals surface area (Å²) in [5, 5.41) is 10.5. The Morgan fingerprint density at radius 2 is 2.43 bits per heavy atom. The highest BCUT2D eigenvalue weighted by molar-refractivity contribution is 5.04. The summed E-state index contributed by atoms with van der Waals surface area (Å²) in [6, 6.07) is 2.41. The lowest BCUT2D eigenvalue weighted by molar-refractivity contribution is 0.480. The molecule has 0 aliphatic heterocycles. The first kappa shape index (κ1) is 9.71. The van der Waals surface area contributed by atoms with E-state index in [9.17, 15) is 0 Å². The van der Waals surface area contributed by atoms with E-state index in [1.165, 1.54) is 12.1 Å². The normalized spacial score (nSPS) is 26.1. The van der Waals surface area contributed by atoms with E-state index in [-0.39, 0.29) is 0 Å². The molecule has 0 spiro atoms. The number of H-pyrrole nitrogens is 1. The Morgan fingerprint density at radius 1 is 1.71 bits per heavy atom. The summed E-state index contributed by atoms with van der Waals surface area (Å²) in [7, 11) is 0. The highest BCUT2D eigenvalue weighted by atomic mass is 15.1. The SMILES string of the molecule is CC(NCC1CC1(C)C)c1ccn[nH]1. The molecule has 0 saturated heterocycles. The molecule has 14 heavy (non-hydrogen) atoms. The van der Waals surface area contributed by atoms with Gasteiger partial charge < -0.3 is 5.32 Å². The van der Waals surface area contributed by atoms with Gasteiger partial charge in [0, 0.05) is 12.2 Å². The van der Waals surface area contributed by atoms with E-state index in [1.807, 2.05) is 6.07 Å². The number of rotatable bonds is 4. The average molecular weight is 193 g/mol. The van der Waals surface area contributed by atoms with Crippen LogP contribution in [0.1, 0.15) is 38.9 Å². The molecule has 1 aliphatic rings. The van der Waals surface area contributed by atoms with Crippen molar-refractivity contribution in [3.8, 4) is 0 Å². The number of aromatic nitrogens is 2. The van der Waals surface area contributed by atoms with Crippen LogP contribution in [0.25, 0.3) is 0 Å². The Morgan fingerprint density at radius 3 is 2.93 bits per heavy atom. The van der Waals surface area contributed by atoms with Crippen LogP contribution in [0, 0.1) is 11.3 Å². The van der Waals surface area contributed by atoms with Gasteiger partial charge in [0.2, 0.25) is 0 Å². The van der Waals surface area contributed by atoms with Gasteiger partial charge in [-0.1, -0.05) is 13.8 Å². The summed E-state index contributed by atoms with van der Waals surface area (Å²) in [5.41, 5.74) is 1.74. The van der Waals surface area contributed by atoms with Gasteiger partial charge in [-0.25, -0.2) is 0 Å². The van der Waals surface area contributed by atoms with Crippen molar-refractivity contribution in [2.45, 2.75) is 33.2 Å². The monoisotopic (exact) mass is 193 g/mol. The number of hydrogen-bond donors (Lipinski definition) is 2. The molecule has 1 aromatic rings. The lowest BCUT2D eigenvalue weighted by Gasteiger charge is -2.12. The van der Waals surface area contributed by atoms with Crippen LogP contribution in [0.2, 0.25) is 0 Å². The molecule has 0 aromatic carbocycles. The van der Waals surface area contributed by atoms with Crippen LogP contribution in [0.15, 0.2) is 12.3 Å². The van der Waals surface area contributed by atoms with Gasteiger partial charge in [-0.05, 0) is 37.3 Å². The number of nitrogens with zero attached hydrogens (tertiary/aromatic N) is 1. The zero-order valence-electron chi connectivity index (χ0n) is 9.17. The van der Waals surface area contributed by atoms with Crippen molar-refractivity contribution >= 4 is 0 Å². The highest BCUT2D eigenvalue weighted by Crippen LogP contribution is 2.51. The number of aromatic amines is 1. The topological polar surface area (TPSA) is 40.7 Å². The van der Waals surface area contributed by atoms with Crippen molar-refractivity contribution in [3.05, 3.63) is 18.0 Å². The van der Waals surface area contributed by atoms with E-state index in [4.69, 9.17) is 0 Å². The quantitative estimate of drug-likeness (QED) is 0.769. The van der Waals surface area contributed by atoms with Crippen LogP contribution >= 0.6 is 0 Å². The molecule has 1 aliphatic carbocycles. The minimum atomic E-state index is 0.383. The summed E-state index contributed by atoms with van der Waals surface area (Å²) in [6.45, 7) is 7.95. The van der Waals surface area contributed by atoms with Gasteiger partial charge >= 0.3 is 0 Å². The lowest BCUT2D eigenvalue weighted by atomic mass is 10.1. The molecule has 2 N–H and O–H groups in total. The Bertz CT molecular complexity index is 289. The molecule has 1 aromatic heterocycles. The second-order valence-electron chi connectivity index (χ2n) is 5.03. The molecule has 0 amide bonds. The maximum Gasteiger partial charge on any atom is 0.0518 e. The third-order valence-electron chi connectivity index (χ3n) is 3.38. The van der Waals surface area contributed by atoms with Crippen LogP contribution < -0.4 is 5.32 Å². The minimum Gasteiger partial charge on any atom is -0.309 e. The molecular formula is C11H19N3. The van der Waals surface area contributed by atoms with Gasteiger partial charge in [0.1, 0.15) is 0 Å². The molecule has 0 radical (unpaired) electrons. The molecule has 1 fully saturated rings. The summed E-state index contributed by atoms with van der Waals surface area (Å²) in [5.74, 6) is 0.855. The van der Waals surface area contributed by atoms with E-state index >= 15 is 0 Å². The van der Waals surface area contributed by atoms with Crippen LogP contribution in [-0.4, -0.2) is 16.7 Å². The Kier molecular flexibility index (Phi) is 2.35. The fraction of sp³-hybridized carbons (Fsp3) is 0.727. The molecule has 1 saturated carbocycles. The maximum atomic E-state index is 3.95. The predicted molar refractivity (Wildman–Crippen MR) is 56.9 cm³/mol. The maximum absolute atomic E-state index is 3.95. The molecule has 1 heterocycles. The Hall–Kier alpha value is -0.830. The fourth-order valence-corrected chi connectivity index (χ4v) is 1.86. The largest absolute Gasteiger partial charge is 0.309 e. The van der Waals surface area contributed by atoms with Gasteiger partial charge in [0.15, 0.2) is 0 Å². The molecule has 78 valence electrons. The predicted octanol–water partition coefficient (Wildman–Crippen LogP) is 2.11. The summed E-state index contributed by atoms with van der Waals surface area (Å²) >= 11 is 0. The van der Waals surface area contributed by atoms with Crippen molar-refractivity contribution in [1.29, 1.82) is 0 Å². The van der Waals surface area contributed by atoms with E-state index in [0.717, 1.165) is 12.5 Å². The van der Waals surface area contributed by atoms with E-state index in [0.29, 0.717) is 11.5 Å². The van der Waals surface area contributed by atoms with Crippen LogP contribution in [0.5, 0.6) is 0 Å². The average Bonchev–Trinajstić information content (AvgIpc) is 2.58. The van der Waals surface area contributed by atoms with Crippen molar-refractivity contribution in [2.24, 2.45) is 11.3 Å². The Balaban J connectivity index is 1.77. The smallest absolute Gasteiger partial charge is 0.0518 e. The zero-order chi connectivity index (χ0) is 10.2. The lowest BCUT2D eigenvalue weighted by Crippen LogP contribution is -2.22. The third-order valence-corrected chi connectivity index (χ3v) is 3.38. The minimum absolute atomic E-state index is 0.383. The van der Waals surface area contributed by atoms with Crippen molar-refractivity contribution < 1.29 is 0 Å². The summed E-state index contributed by atoms with van der Waals surface area (Å²) in [4.78, 5) is 0. The standard InChI is InChI=1S/C11H19N3/c1-8(10-4-5-13-14-10)12-7-9-6-11(9,2)3/h4-5,8-9,12H,6-7H2,1-3H3,(H,13,14). The van der Waals surface area contributed by atoms with Crippen molar-refractivity contribution in [3.63, 3.8) is 0 Å². The zero-order valence-corrected chi connectivity index (χ0v) is 9.17. The van der Waals surface area contributed by atoms with Crippen molar-refractivity contribution in [2.75, 3.05) is 6.54 Å². The summed E-state index contributed by atoms with van der Waals surface area (Å²) in [6.07, 6.45) is 3.16. The van der Waals surface area contributed by atoms with E-state index in [2.05, 4.69) is 36.3 Å². The molecular weight excluding hydrogens is 174 g/mol. The first-order valence-electron chi connectivity index (χ1n) is 5.32. The Labute approximate surface area is 85.3 Å². The number of hydrogen-bond acceptors (Lipinski definition) is 2. The van der Waals surface area contributed by atoms with Gasteiger partial charge in [-0.2, -0.15) is 5.10 Å². The third kappa shape index (κ3) is 1.98. The summed E-state index contributed by atoms with van der Waals surface area (Å²) < 4.78 is 0. The van der Waals surface area contributed by atoms with Crippen LogP contribution in [0.4, 0.5) is 0 Å². The molecule has 0 bridgehead atoms. The van der Waals surface area contributed by atoms with E-state index in [1.54, 1.807) is 6.20 Å². The van der Waals surface area contributed by atoms with Gasteiger partial charge in [0.05, 0.1) is 5.69 Å². The first-order chi connectivity index (χ1) is 6.59. The highest BCUT2D eigenvalue weighted by Gasteiger charge is 2.44. The van der Waals surface area contributed by atoms with E-state index < -0.39 is 0 Å². The van der Waals surface area contributed by atoms with Crippen LogP contribution in [-0.2, 0) is 0 Å². The van der Waals surface area contributed by atoms with Gasteiger partial charge in [-0.15, -0.1) is 0 Å². The molecule has 2 unspecified atom stereocenters. The molecule has 3 heteroatoms. The second kappa shape index (κ2) is 3.39. The van der Waals surface area contributed by atoms with Crippen LogP contribution in [0.3, 0.4) is 0 Å².